The van der Waals surface area contributed by atoms with Crippen molar-refractivity contribution in [3.63, 3.8) is 0 Å². The first-order valence-corrected chi connectivity index (χ1v) is 6.85. The van der Waals surface area contributed by atoms with E-state index >= 15 is 0 Å². The Labute approximate surface area is 123 Å². The van der Waals surface area contributed by atoms with Gasteiger partial charge in [-0.25, -0.2) is 4.79 Å². The molecule has 1 aromatic heterocycles. The van der Waals surface area contributed by atoms with Crippen molar-refractivity contribution < 1.29 is 9.90 Å². The van der Waals surface area contributed by atoms with Crippen LogP contribution >= 0.6 is 0 Å². The molecule has 0 aliphatic carbocycles. The summed E-state index contributed by atoms with van der Waals surface area (Å²) in [5.41, 5.74) is 10.1. The highest BCUT2D eigenvalue weighted by molar-refractivity contribution is 5.95. The summed E-state index contributed by atoms with van der Waals surface area (Å²) in [5.74, 6) is -1.01. The van der Waals surface area contributed by atoms with Gasteiger partial charge < -0.3 is 16.2 Å². The molecule has 0 bridgehead atoms. The van der Waals surface area contributed by atoms with Crippen LogP contribution in [0.1, 0.15) is 33.6 Å². The van der Waals surface area contributed by atoms with Gasteiger partial charge in [0.25, 0.3) is 0 Å². The molecular weight excluding hydrogens is 268 g/mol. The number of anilines is 2. The molecule has 6 heteroatoms. The van der Waals surface area contributed by atoms with E-state index in [4.69, 9.17) is 10.8 Å². The summed E-state index contributed by atoms with van der Waals surface area (Å²) in [6, 6.07) is 3.44. The van der Waals surface area contributed by atoms with Gasteiger partial charge in [0.15, 0.2) is 0 Å². The second kappa shape index (κ2) is 6.30. The smallest absolute Gasteiger partial charge is 0.337 e. The number of aromatic nitrogens is 2. The number of H-pyrrole nitrogens is 1. The number of nitrogen functional groups attached to an aromatic ring is 1. The molecule has 5 N–H and O–H groups in total. The van der Waals surface area contributed by atoms with Crippen molar-refractivity contribution in [1.82, 2.24) is 10.2 Å². The first-order valence-electron chi connectivity index (χ1n) is 6.85. The lowest BCUT2D eigenvalue weighted by Crippen LogP contribution is -2.08. The minimum absolute atomic E-state index is 0.142. The minimum Gasteiger partial charge on any atom is -0.478 e. The van der Waals surface area contributed by atoms with Gasteiger partial charge in [0.1, 0.15) is 0 Å². The van der Waals surface area contributed by atoms with Gasteiger partial charge in [0.05, 0.1) is 11.8 Å². The summed E-state index contributed by atoms with van der Waals surface area (Å²) in [4.78, 5) is 11.1. The molecule has 112 valence electrons. The molecule has 1 heterocycles. The van der Waals surface area contributed by atoms with Crippen LogP contribution < -0.4 is 11.1 Å². The van der Waals surface area contributed by atoms with E-state index in [9.17, 15) is 4.79 Å². The van der Waals surface area contributed by atoms with Gasteiger partial charge in [-0.1, -0.05) is 0 Å². The Morgan fingerprint density at radius 2 is 2.19 bits per heavy atom. The molecule has 2 rings (SSSR count). The number of hydrogen-bond donors (Lipinski definition) is 4. The molecule has 21 heavy (non-hydrogen) atoms. The Hall–Kier alpha value is -2.50. The second-order valence-corrected chi connectivity index (χ2v) is 5.11. The molecule has 0 unspecified atom stereocenters. The number of aromatic amines is 1. The van der Waals surface area contributed by atoms with Crippen molar-refractivity contribution in [2.24, 2.45) is 0 Å². The van der Waals surface area contributed by atoms with Crippen molar-refractivity contribution in [3.05, 3.63) is 40.7 Å². The van der Waals surface area contributed by atoms with Crippen LogP contribution in [-0.2, 0) is 6.42 Å². The summed E-state index contributed by atoms with van der Waals surface area (Å²) in [5, 5.41) is 19.3. The summed E-state index contributed by atoms with van der Waals surface area (Å²) in [7, 11) is 0. The molecule has 0 radical (unpaired) electrons. The third-order valence-electron chi connectivity index (χ3n) is 3.50. The summed E-state index contributed by atoms with van der Waals surface area (Å²) >= 11 is 0. The zero-order valence-corrected chi connectivity index (χ0v) is 12.2. The van der Waals surface area contributed by atoms with Crippen LogP contribution in [0.2, 0.25) is 0 Å². The van der Waals surface area contributed by atoms with Crippen molar-refractivity contribution in [2.75, 3.05) is 17.6 Å². The van der Waals surface area contributed by atoms with E-state index in [1.807, 2.05) is 26.1 Å². The molecule has 0 fully saturated rings. The van der Waals surface area contributed by atoms with Crippen LogP contribution in [0.3, 0.4) is 0 Å². The zero-order chi connectivity index (χ0) is 15.4. The summed E-state index contributed by atoms with van der Waals surface area (Å²) in [6.45, 7) is 4.56. The number of rotatable bonds is 6. The fourth-order valence-electron chi connectivity index (χ4n) is 2.22. The number of nitrogens with two attached hydrogens (primary N) is 1. The predicted molar refractivity (Wildman–Crippen MR) is 82.7 cm³/mol. The number of nitrogens with zero attached hydrogens (tertiary/aromatic N) is 1. The molecule has 0 aliphatic rings. The van der Waals surface area contributed by atoms with Crippen LogP contribution in [0.15, 0.2) is 18.3 Å². The number of carboxylic acids is 1. The quantitative estimate of drug-likeness (QED) is 0.482. The standard InChI is InChI=1S/C15H20N4O2/c1-9-6-12(7-13(14(9)16)15(20)21)17-5-3-4-11-8-18-19-10(11)2/h6-8,17H,3-5,16H2,1-2H3,(H,18,19)(H,20,21). The van der Waals surface area contributed by atoms with Gasteiger partial charge in [-0.05, 0) is 49.9 Å². The van der Waals surface area contributed by atoms with Gasteiger partial charge in [0.2, 0.25) is 0 Å². The van der Waals surface area contributed by atoms with E-state index < -0.39 is 5.97 Å². The van der Waals surface area contributed by atoms with Crippen molar-refractivity contribution in [3.8, 4) is 0 Å². The highest BCUT2D eigenvalue weighted by Crippen LogP contribution is 2.23. The summed E-state index contributed by atoms with van der Waals surface area (Å²) < 4.78 is 0. The first kappa shape index (κ1) is 14.9. The molecule has 2 aromatic rings. The number of nitrogens with one attached hydrogen (secondary N) is 2. The van der Waals surface area contributed by atoms with Crippen molar-refractivity contribution in [1.29, 1.82) is 0 Å². The fourth-order valence-corrected chi connectivity index (χ4v) is 2.22. The molecular formula is C15H20N4O2. The van der Waals surface area contributed by atoms with E-state index in [1.54, 1.807) is 6.07 Å². The second-order valence-electron chi connectivity index (χ2n) is 5.11. The van der Waals surface area contributed by atoms with Crippen molar-refractivity contribution in [2.45, 2.75) is 26.7 Å². The number of carboxylic acid groups (broad SMARTS) is 1. The Morgan fingerprint density at radius 1 is 1.43 bits per heavy atom. The van der Waals surface area contributed by atoms with Gasteiger partial charge in [-0.15, -0.1) is 0 Å². The number of hydrogen-bond acceptors (Lipinski definition) is 4. The van der Waals surface area contributed by atoms with Crippen LogP contribution in [0.25, 0.3) is 0 Å². The molecule has 0 atom stereocenters. The van der Waals surface area contributed by atoms with Crippen LogP contribution in [0.4, 0.5) is 11.4 Å². The Kier molecular flexibility index (Phi) is 4.47. The number of aryl methyl sites for hydroxylation is 3. The number of carbonyl (C=O) groups is 1. The Bertz CT molecular complexity index is 649. The van der Waals surface area contributed by atoms with E-state index in [0.29, 0.717) is 5.69 Å². The number of benzene rings is 1. The van der Waals surface area contributed by atoms with Crippen LogP contribution in [0, 0.1) is 13.8 Å². The maximum Gasteiger partial charge on any atom is 0.337 e. The molecule has 0 saturated heterocycles. The maximum atomic E-state index is 11.1. The molecule has 6 nitrogen and oxygen atoms in total. The highest BCUT2D eigenvalue weighted by atomic mass is 16.4. The molecule has 0 saturated carbocycles. The molecule has 0 aliphatic heterocycles. The van der Waals surface area contributed by atoms with Gasteiger partial charge >= 0.3 is 5.97 Å². The SMILES string of the molecule is Cc1cc(NCCCc2cn[nH]c2C)cc(C(=O)O)c1N. The Balaban J connectivity index is 1.94. The molecule has 0 amide bonds. The third-order valence-corrected chi connectivity index (χ3v) is 3.50. The normalized spacial score (nSPS) is 10.6. The largest absolute Gasteiger partial charge is 0.478 e. The zero-order valence-electron chi connectivity index (χ0n) is 12.2. The van der Waals surface area contributed by atoms with Gasteiger partial charge in [-0.3, -0.25) is 5.10 Å². The van der Waals surface area contributed by atoms with Gasteiger partial charge in [-0.2, -0.15) is 5.10 Å². The molecule has 1 aromatic carbocycles. The van der Waals surface area contributed by atoms with Crippen molar-refractivity contribution >= 4 is 17.3 Å². The lowest BCUT2D eigenvalue weighted by atomic mass is 10.1. The van der Waals surface area contributed by atoms with Crippen LogP contribution in [0.5, 0.6) is 0 Å². The van der Waals surface area contributed by atoms with Crippen LogP contribution in [-0.4, -0.2) is 27.8 Å². The van der Waals surface area contributed by atoms with E-state index in [1.165, 1.54) is 5.56 Å². The topological polar surface area (TPSA) is 104 Å². The maximum absolute atomic E-state index is 11.1. The molecule has 0 spiro atoms. The average Bonchev–Trinajstić information content (AvgIpc) is 2.83. The predicted octanol–water partition coefficient (Wildman–Crippen LogP) is 2.35. The average molecular weight is 288 g/mol. The fraction of sp³-hybridized carbons (Fsp3) is 0.333. The lowest BCUT2D eigenvalue weighted by Gasteiger charge is -2.11. The number of aromatic carboxylic acids is 1. The Morgan fingerprint density at radius 3 is 2.81 bits per heavy atom. The summed E-state index contributed by atoms with van der Waals surface area (Å²) in [6.07, 6.45) is 3.70. The minimum atomic E-state index is -1.01. The lowest BCUT2D eigenvalue weighted by molar-refractivity contribution is 0.0698. The van der Waals surface area contributed by atoms with E-state index in [0.717, 1.165) is 36.3 Å². The monoisotopic (exact) mass is 288 g/mol. The third kappa shape index (κ3) is 3.53. The first-order chi connectivity index (χ1) is 9.99. The van der Waals surface area contributed by atoms with Gasteiger partial charge in [0, 0.05) is 23.6 Å². The van der Waals surface area contributed by atoms with E-state index in [-0.39, 0.29) is 5.56 Å². The van der Waals surface area contributed by atoms with E-state index in [2.05, 4.69) is 15.5 Å². The highest BCUT2D eigenvalue weighted by Gasteiger charge is 2.11.